The number of hydrogen-bond donors (Lipinski definition) is 1. The zero-order valence-electron chi connectivity index (χ0n) is 12.8. The summed E-state index contributed by atoms with van der Waals surface area (Å²) in [7, 11) is -0.949. The van der Waals surface area contributed by atoms with Gasteiger partial charge in [-0.3, -0.25) is 4.21 Å². The Kier molecular flexibility index (Phi) is 4.41. The van der Waals surface area contributed by atoms with Gasteiger partial charge in [-0.05, 0) is 54.7 Å². The van der Waals surface area contributed by atoms with E-state index in [4.69, 9.17) is 0 Å². The van der Waals surface area contributed by atoms with Crippen LogP contribution in [0.3, 0.4) is 0 Å². The normalized spacial score (nSPS) is 19.7. The van der Waals surface area contributed by atoms with Crippen LogP contribution in [0.25, 0.3) is 0 Å². The van der Waals surface area contributed by atoms with Crippen LogP contribution in [0.5, 0.6) is 0 Å². The van der Waals surface area contributed by atoms with Crippen LogP contribution < -0.4 is 5.32 Å². The lowest BCUT2D eigenvalue weighted by atomic mass is 10.0. The molecule has 4 heteroatoms. The van der Waals surface area contributed by atoms with E-state index in [9.17, 15) is 8.60 Å². The van der Waals surface area contributed by atoms with Gasteiger partial charge in [0, 0.05) is 34.0 Å². The molecule has 1 N–H and O–H groups in total. The molecule has 3 rings (SSSR count). The molecule has 0 spiro atoms. The zero-order valence-corrected chi connectivity index (χ0v) is 13.6. The van der Waals surface area contributed by atoms with Crippen molar-refractivity contribution in [1.29, 1.82) is 0 Å². The van der Waals surface area contributed by atoms with Crippen LogP contribution in [-0.2, 0) is 17.2 Å². The van der Waals surface area contributed by atoms with Crippen LogP contribution in [0.4, 0.5) is 4.39 Å². The molecule has 0 aliphatic heterocycles. The maximum atomic E-state index is 13.8. The Labute approximate surface area is 133 Å². The van der Waals surface area contributed by atoms with Gasteiger partial charge in [0.15, 0.2) is 0 Å². The molecule has 1 aliphatic carbocycles. The van der Waals surface area contributed by atoms with Crippen molar-refractivity contribution in [3.8, 4) is 0 Å². The predicted molar refractivity (Wildman–Crippen MR) is 87.8 cm³/mol. The predicted octanol–water partition coefficient (Wildman–Crippen LogP) is 3.90. The van der Waals surface area contributed by atoms with E-state index in [2.05, 4.69) is 12.2 Å². The Balaban J connectivity index is 1.74. The molecular formula is C18H20FNOS. The van der Waals surface area contributed by atoms with Crippen molar-refractivity contribution in [2.24, 2.45) is 0 Å². The molecule has 0 fully saturated rings. The van der Waals surface area contributed by atoms with Gasteiger partial charge in [-0.1, -0.05) is 24.3 Å². The first-order valence-corrected chi connectivity index (χ1v) is 9.09. The van der Waals surface area contributed by atoms with Crippen LogP contribution in [0.1, 0.15) is 42.1 Å². The van der Waals surface area contributed by atoms with Gasteiger partial charge in [-0.15, -0.1) is 0 Å². The van der Waals surface area contributed by atoms with E-state index in [0.717, 1.165) is 34.4 Å². The van der Waals surface area contributed by atoms with Gasteiger partial charge < -0.3 is 5.32 Å². The molecule has 0 aromatic heterocycles. The van der Waals surface area contributed by atoms with Crippen LogP contribution in [0, 0.1) is 5.82 Å². The highest BCUT2D eigenvalue weighted by Gasteiger charge is 2.25. The highest BCUT2D eigenvalue weighted by molar-refractivity contribution is 7.84. The Morgan fingerprint density at radius 2 is 1.95 bits per heavy atom. The average Bonchev–Trinajstić information content (AvgIpc) is 2.92. The Morgan fingerprint density at radius 1 is 1.23 bits per heavy atom. The van der Waals surface area contributed by atoms with Crippen molar-refractivity contribution in [3.63, 3.8) is 0 Å². The van der Waals surface area contributed by atoms with Crippen LogP contribution in [-0.4, -0.2) is 10.5 Å². The summed E-state index contributed by atoms with van der Waals surface area (Å²) in [4.78, 5) is 0.837. The van der Waals surface area contributed by atoms with Gasteiger partial charge in [0.2, 0.25) is 0 Å². The van der Waals surface area contributed by atoms with E-state index in [1.54, 1.807) is 12.3 Å². The molecular weight excluding hydrogens is 297 g/mol. The molecule has 0 radical (unpaired) electrons. The SMILES string of the molecule is C[C@H](N[C@H]1CCc2c(F)cccc21)c1ccc([S@](C)=O)cc1. The van der Waals surface area contributed by atoms with Crippen molar-refractivity contribution >= 4 is 10.8 Å². The molecule has 116 valence electrons. The Bertz CT molecular complexity index is 699. The minimum absolute atomic E-state index is 0.0933. The van der Waals surface area contributed by atoms with Crippen molar-refractivity contribution in [1.82, 2.24) is 5.32 Å². The Hall–Kier alpha value is -1.52. The second kappa shape index (κ2) is 6.31. The summed E-state index contributed by atoms with van der Waals surface area (Å²) in [6, 6.07) is 13.5. The molecule has 2 aromatic rings. The van der Waals surface area contributed by atoms with Gasteiger partial charge >= 0.3 is 0 Å². The molecule has 0 amide bonds. The lowest BCUT2D eigenvalue weighted by Crippen LogP contribution is -2.23. The van der Waals surface area contributed by atoms with Gasteiger partial charge in [0.25, 0.3) is 0 Å². The van der Waals surface area contributed by atoms with Crippen LogP contribution in [0.2, 0.25) is 0 Å². The van der Waals surface area contributed by atoms with Gasteiger partial charge in [-0.25, -0.2) is 4.39 Å². The first kappa shape index (κ1) is 15.4. The quantitative estimate of drug-likeness (QED) is 0.926. The minimum Gasteiger partial charge on any atom is -0.303 e. The Morgan fingerprint density at radius 3 is 2.64 bits per heavy atom. The molecule has 2 aromatic carbocycles. The summed E-state index contributed by atoms with van der Waals surface area (Å²) in [5, 5.41) is 3.58. The molecule has 0 heterocycles. The number of fused-ring (bicyclic) bond motifs is 1. The summed E-state index contributed by atoms with van der Waals surface area (Å²) in [5.74, 6) is -0.0933. The molecule has 0 bridgehead atoms. The monoisotopic (exact) mass is 317 g/mol. The second-order valence-corrected chi connectivity index (χ2v) is 7.19. The van der Waals surface area contributed by atoms with Crippen LogP contribution >= 0.6 is 0 Å². The molecule has 1 aliphatic rings. The van der Waals surface area contributed by atoms with E-state index < -0.39 is 10.8 Å². The summed E-state index contributed by atoms with van der Waals surface area (Å²) in [6.45, 7) is 2.11. The first-order valence-electron chi connectivity index (χ1n) is 7.53. The molecule has 3 atom stereocenters. The third-order valence-electron chi connectivity index (χ3n) is 4.38. The number of hydrogen-bond acceptors (Lipinski definition) is 2. The maximum absolute atomic E-state index is 13.8. The molecule has 0 saturated carbocycles. The lowest BCUT2D eigenvalue weighted by molar-refractivity contribution is 0.465. The average molecular weight is 317 g/mol. The maximum Gasteiger partial charge on any atom is 0.126 e. The summed E-state index contributed by atoms with van der Waals surface area (Å²) in [5.41, 5.74) is 3.08. The van der Waals surface area contributed by atoms with Gasteiger partial charge in [-0.2, -0.15) is 0 Å². The van der Waals surface area contributed by atoms with Crippen molar-refractivity contribution in [2.45, 2.75) is 36.7 Å². The standard InChI is InChI=1S/C18H20FNOS/c1-12(13-6-8-14(9-7-13)22(2)21)20-18-11-10-15-16(18)4-3-5-17(15)19/h3-9,12,18,20H,10-11H2,1-2H3/t12-,18-,22-/m0/s1. The van der Waals surface area contributed by atoms with E-state index in [0.29, 0.717) is 0 Å². The van der Waals surface area contributed by atoms with E-state index in [1.807, 2.05) is 30.3 Å². The highest BCUT2D eigenvalue weighted by Crippen LogP contribution is 2.34. The largest absolute Gasteiger partial charge is 0.303 e. The van der Waals surface area contributed by atoms with Crippen molar-refractivity contribution in [3.05, 3.63) is 65.0 Å². The van der Waals surface area contributed by atoms with Gasteiger partial charge in [0.05, 0.1) is 0 Å². The summed E-state index contributed by atoms with van der Waals surface area (Å²) in [6.07, 6.45) is 3.40. The van der Waals surface area contributed by atoms with E-state index in [-0.39, 0.29) is 17.9 Å². The number of nitrogens with one attached hydrogen (secondary N) is 1. The zero-order chi connectivity index (χ0) is 15.7. The fourth-order valence-electron chi connectivity index (χ4n) is 3.13. The minimum atomic E-state index is -0.949. The molecule has 0 saturated heterocycles. The van der Waals surface area contributed by atoms with Crippen molar-refractivity contribution in [2.75, 3.05) is 6.26 Å². The fourth-order valence-corrected chi connectivity index (χ4v) is 3.65. The smallest absolute Gasteiger partial charge is 0.126 e. The second-order valence-electron chi connectivity index (χ2n) is 5.81. The van der Waals surface area contributed by atoms with Crippen molar-refractivity contribution < 1.29 is 8.60 Å². The fraction of sp³-hybridized carbons (Fsp3) is 0.333. The number of halogens is 1. The molecule has 2 nitrogen and oxygen atoms in total. The third-order valence-corrected chi connectivity index (χ3v) is 5.31. The summed E-state index contributed by atoms with van der Waals surface area (Å²) >= 11 is 0. The first-order chi connectivity index (χ1) is 10.6. The number of benzene rings is 2. The van der Waals surface area contributed by atoms with E-state index in [1.165, 1.54) is 6.07 Å². The molecule has 22 heavy (non-hydrogen) atoms. The third kappa shape index (κ3) is 2.99. The highest BCUT2D eigenvalue weighted by atomic mass is 32.2. The van der Waals surface area contributed by atoms with Crippen LogP contribution in [0.15, 0.2) is 47.4 Å². The van der Waals surface area contributed by atoms with E-state index >= 15 is 0 Å². The number of rotatable bonds is 4. The van der Waals surface area contributed by atoms with Gasteiger partial charge in [0.1, 0.15) is 5.82 Å². The molecule has 0 unspecified atom stereocenters. The lowest BCUT2D eigenvalue weighted by Gasteiger charge is -2.21. The topological polar surface area (TPSA) is 29.1 Å². The summed E-state index contributed by atoms with van der Waals surface area (Å²) < 4.78 is 25.2.